The summed E-state index contributed by atoms with van der Waals surface area (Å²) in [7, 11) is 0. The van der Waals surface area contributed by atoms with Crippen LogP contribution in [0.5, 0.6) is 0 Å². The van der Waals surface area contributed by atoms with Gasteiger partial charge in [-0.2, -0.15) is 0 Å². The average Bonchev–Trinajstić information content (AvgIpc) is 3.47. The van der Waals surface area contributed by atoms with Crippen LogP contribution in [0.1, 0.15) is 79.4 Å². The van der Waals surface area contributed by atoms with Crippen LogP contribution in [0.2, 0.25) is 0 Å². The maximum absolute atomic E-state index is 12.6. The quantitative estimate of drug-likeness (QED) is 0.704. The largest absolute Gasteiger partial charge is 0.447 e. The van der Waals surface area contributed by atoms with Crippen LogP contribution in [0.25, 0.3) is 0 Å². The first-order valence-electron chi connectivity index (χ1n) is 10.7. The van der Waals surface area contributed by atoms with Crippen molar-refractivity contribution in [2.24, 2.45) is 0 Å². The van der Waals surface area contributed by atoms with E-state index < -0.39 is 0 Å². The number of carbonyl (C=O) groups excluding carboxylic acids is 1. The van der Waals surface area contributed by atoms with Crippen LogP contribution in [0, 0.1) is 0 Å². The molecule has 1 amide bonds. The summed E-state index contributed by atoms with van der Waals surface area (Å²) in [6.45, 7) is 7.65. The first-order chi connectivity index (χ1) is 13.6. The third-order valence-corrected chi connectivity index (χ3v) is 5.85. The Morgan fingerprint density at radius 2 is 1.86 bits per heavy atom. The van der Waals surface area contributed by atoms with E-state index in [1.807, 2.05) is 4.90 Å². The van der Waals surface area contributed by atoms with Crippen LogP contribution in [0.4, 0.5) is 0 Å². The highest BCUT2D eigenvalue weighted by atomic mass is 16.3. The molecule has 5 heteroatoms. The zero-order valence-corrected chi connectivity index (χ0v) is 17.1. The van der Waals surface area contributed by atoms with Crippen LogP contribution in [0.15, 0.2) is 34.9 Å². The van der Waals surface area contributed by atoms with Gasteiger partial charge in [0, 0.05) is 25.7 Å². The van der Waals surface area contributed by atoms with Crippen LogP contribution in [-0.2, 0) is 13.1 Å². The fourth-order valence-corrected chi connectivity index (χ4v) is 3.91. The fraction of sp³-hybridized carbons (Fsp3) is 0.565. The van der Waals surface area contributed by atoms with E-state index in [2.05, 4.69) is 48.0 Å². The zero-order chi connectivity index (χ0) is 19.5. The SMILES string of the molecule is CC(C)c1ccc(CN(Cc2nc(C(=O)N3CCCCC3)co2)C2CC2)cc1. The summed E-state index contributed by atoms with van der Waals surface area (Å²) in [6.07, 6.45) is 7.37. The van der Waals surface area contributed by atoms with Gasteiger partial charge in [-0.25, -0.2) is 4.98 Å². The third-order valence-electron chi connectivity index (χ3n) is 5.85. The van der Waals surface area contributed by atoms with Gasteiger partial charge >= 0.3 is 0 Å². The van der Waals surface area contributed by atoms with Crippen molar-refractivity contribution >= 4 is 5.91 Å². The summed E-state index contributed by atoms with van der Waals surface area (Å²) in [6, 6.07) is 9.51. The van der Waals surface area contributed by atoms with Gasteiger partial charge in [0.25, 0.3) is 5.91 Å². The molecule has 1 aliphatic carbocycles. The number of likely N-dealkylation sites (tertiary alicyclic amines) is 1. The maximum atomic E-state index is 12.6. The lowest BCUT2D eigenvalue weighted by Crippen LogP contribution is -2.35. The Hall–Kier alpha value is -2.14. The molecule has 0 radical (unpaired) electrons. The van der Waals surface area contributed by atoms with Gasteiger partial charge in [0.2, 0.25) is 5.89 Å². The van der Waals surface area contributed by atoms with Gasteiger partial charge in [0.05, 0.1) is 6.54 Å². The van der Waals surface area contributed by atoms with Gasteiger partial charge in [0.1, 0.15) is 6.26 Å². The van der Waals surface area contributed by atoms with Crippen molar-refractivity contribution in [1.29, 1.82) is 0 Å². The van der Waals surface area contributed by atoms with Crippen LogP contribution >= 0.6 is 0 Å². The highest BCUT2D eigenvalue weighted by Gasteiger charge is 2.30. The maximum Gasteiger partial charge on any atom is 0.275 e. The lowest BCUT2D eigenvalue weighted by Gasteiger charge is -2.25. The monoisotopic (exact) mass is 381 g/mol. The van der Waals surface area contributed by atoms with Gasteiger partial charge in [0.15, 0.2) is 5.69 Å². The number of nitrogens with zero attached hydrogens (tertiary/aromatic N) is 3. The molecule has 2 aliphatic rings. The first kappa shape index (κ1) is 19.2. The fourth-order valence-electron chi connectivity index (χ4n) is 3.91. The van der Waals surface area contributed by atoms with Crippen molar-refractivity contribution in [3.8, 4) is 0 Å². The van der Waals surface area contributed by atoms with E-state index in [0.717, 1.165) is 32.5 Å². The molecule has 0 spiro atoms. The molecule has 1 aromatic heterocycles. The average molecular weight is 382 g/mol. The zero-order valence-electron chi connectivity index (χ0n) is 17.1. The van der Waals surface area contributed by atoms with E-state index in [1.54, 1.807) is 0 Å². The molecular formula is C23H31N3O2. The molecule has 0 bridgehead atoms. The molecule has 1 aromatic carbocycles. The van der Waals surface area contributed by atoms with Gasteiger partial charge in [-0.05, 0) is 49.1 Å². The highest BCUT2D eigenvalue weighted by Crippen LogP contribution is 2.30. The van der Waals surface area contributed by atoms with Crippen molar-refractivity contribution in [3.05, 3.63) is 53.2 Å². The van der Waals surface area contributed by atoms with Crippen molar-refractivity contribution in [1.82, 2.24) is 14.8 Å². The number of hydrogen-bond acceptors (Lipinski definition) is 4. The van der Waals surface area contributed by atoms with Gasteiger partial charge in [-0.15, -0.1) is 0 Å². The number of piperidine rings is 1. The summed E-state index contributed by atoms with van der Waals surface area (Å²) in [5.41, 5.74) is 3.14. The molecule has 2 fully saturated rings. The number of aromatic nitrogens is 1. The molecule has 0 unspecified atom stereocenters. The van der Waals surface area contributed by atoms with Crippen LogP contribution in [-0.4, -0.2) is 39.8 Å². The number of oxazole rings is 1. The highest BCUT2D eigenvalue weighted by molar-refractivity contribution is 5.92. The molecule has 1 aliphatic heterocycles. The second-order valence-electron chi connectivity index (χ2n) is 8.51. The van der Waals surface area contributed by atoms with E-state index in [-0.39, 0.29) is 5.91 Å². The number of benzene rings is 1. The summed E-state index contributed by atoms with van der Waals surface area (Å²) < 4.78 is 5.67. The Kier molecular flexibility index (Phi) is 5.81. The Balaban J connectivity index is 1.40. The molecule has 2 aromatic rings. The summed E-state index contributed by atoms with van der Waals surface area (Å²) in [5, 5.41) is 0. The lowest BCUT2D eigenvalue weighted by molar-refractivity contribution is 0.0718. The van der Waals surface area contributed by atoms with E-state index >= 15 is 0 Å². The Morgan fingerprint density at radius 3 is 2.50 bits per heavy atom. The number of amides is 1. The second-order valence-corrected chi connectivity index (χ2v) is 8.51. The molecule has 5 nitrogen and oxygen atoms in total. The van der Waals surface area contributed by atoms with Crippen LogP contribution < -0.4 is 0 Å². The molecule has 150 valence electrons. The topological polar surface area (TPSA) is 49.6 Å². The minimum atomic E-state index is 0.0111. The number of hydrogen-bond donors (Lipinski definition) is 0. The van der Waals surface area contributed by atoms with E-state index in [0.29, 0.717) is 30.1 Å². The first-order valence-corrected chi connectivity index (χ1v) is 10.7. The van der Waals surface area contributed by atoms with Crippen molar-refractivity contribution in [2.45, 2.75) is 71.0 Å². The normalized spacial score (nSPS) is 17.5. The Labute approximate surface area is 167 Å². The predicted octanol–water partition coefficient (Wildman–Crippen LogP) is 4.59. The van der Waals surface area contributed by atoms with Crippen molar-refractivity contribution in [3.63, 3.8) is 0 Å². The van der Waals surface area contributed by atoms with E-state index in [4.69, 9.17) is 4.42 Å². The third kappa shape index (κ3) is 4.64. The molecule has 2 heterocycles. The van der Waals surface area contributed by atoms with Gasteiger partial charge in [-0.3, -0.25) is 9.69 Å². The molecule has 1 saturated heterocycles. The van der Waals surface area contributed by atoms with E-state index in [9.17, 15) is 4.79 Å². The predicted molar refractivity (Wildman–Crippen MR) is 109 cm³/mol. The Morgan fingerprint density at radius 1 is 1.14 bits per heavy atom. The minimum absolute atomic E-state index is 0.0111. The standard InChI is InChI=1S/C23H31N3O2/c1-17(2)19-8-6-18(7-9-19)14-26(20-10-11-20)15-22-24-21(16-28-22)23(27)25-12-4-3-5-13-25/h6-9,16-17,20H,3-5,10-15H2,1-2H3. The minimum Gasteiger partial charge on any atom is -0.447 e. The molecule has 1 saturated carbocycles. The molecule has 28 heavy (non-hydrogen) atoms. The number of rotatable bonds is 7. The van der Waals surface area contributed by atoms with Gasteiger partial charge in [-0.1, -0.05) is 38.1 Å². The summed E-state index contributed by atoms with van der Waals surface area (Å²) in [4.78, 5) is 21.5. The Bertz CT molecular complexity index is 786. The summed E-state index contributed by atoms with van der Waals surface area (Å²) >= 11 is 0. The molecular weight excluding hydrogens is 350 g/mol. The number of carbonyl (C=O) groups is 1. The van der Waals surface area contributed by atoms with Gasteiger partial charge < -0.3 is 9.32 Å². The second kappa shape index (κ2) is 8.48. The lowest BCUT2D eigenvalue weighted by atomic mass is 10.0. The van der Waals surface area contributed by atoms with E-state index in [1.165, 1.54) is 36.7 Å². The molecule has 0 atom stereocenters. The summed E-state index contributed by atoms with van der Waals surface area (Å²) in [5.74, 6) is 1.21. The smallest absolute Gasteiger partial charge is 0.275 e. The van der Waals surface area contributed by atoms with Crippen molar-refractivity contribution < 1.29 is 9.21 Å². The molecule has 0 N–H and O–H groups in total. The van der Waals surface area contributed by atoms with Crippen molar-refractivity contribution in [2.75, 3.05) is 13.1 Å². The van der Waals surface area contributed by atoms with Crippen LogP contribution in [0.3, 0.4) is 0 Å². The molecule has 4 rings (SSSR count).